The summed E-state index contributed by atoms with van der Waals surface area (Å²) in [5.41, 5.74) is 28.8. The summed E-state index contributed by atoms with van der Waals surface area (Å²) in [6, 6.07) is 93.4. The predicted molar refractivity (Wildman–Crippen MR) is 514 cm³/mol. The molecule has 9 nitrogen and oxygen atoms in total. The van der Waals surface area contributed by atoms with Crippen molar-refractivity contribution in [3.05, 3.63) is 312 Å². The molecule has 0 saturated heterocycles. The number of thiophene rings is 1. The minimum atomic E-state index is -0.333. The fourth-order valence-corrected chi connectivity index (χ4v) is 18.7. The molecule has 6 aromatic heterocycles. The van der Waals surface area contributed by atoms with E-state index in [4.69, 9.17) is 24.4 Å². The summed E-state index contributed by atoms with van der Waals surface area (Å²) in [6.07, 6.45) is 3.66. The zero-order chi connectivity index (χ0) is 85.9. The molecule has 0 saturated carbocycles. The van der Waals surface area contributed by atoms with Crippen molar-refractivity contribution in [2.45, 2.75) is 184 Å². The summed E-state index contributed by atoms with van der Waals surface area (Å²) < 4.78 is 13.7. The molecule has 0 aliphatic carbocycles. The number of hydrogen-bond acceptors (Lipinski definition) is 8. The van der Waals surface area contributed by atoms with Crippen LogP contribution in [0, 0.1) is 12.1 Å². The maximum atomic E-state index is 12.6. The Bertz CT molecular complexity index is 6580. The maximum absolute atomic E-state index is 12.6. The molecule has 12 heteroatoms. The van der Waals surface area contributed by atoms with E-state index >= 15 is 0 Å². The van der Waals surface area contributed by atoms with Crippen molar-refractivity contribution in [2.24, 2.45) is 0 Å². The van der Waals surface area contributed by atoms with Gasteiger partial charge in [-0.15, -0.1) is 29.3 Å². The van der Waals surface area contributed by atoms with Gasteiger partial charge in [0.05, 0.1) is 50.2 Å². The van der Waals surface area contributed by atoms with E-state index in [9.17, 15) is 10.2 Å². The number of rotatable bonds is 14. The number of phenolic OH excluding ortho intramolecular Hbond substituents is 2. The molecule has 2 N–H and O–H groups in total. The summed E-state index contributed by atoms with van der Waals surface area (Å²) in [4.78, 5) is 21.0. The van der Waals surface area contributed by atoms with E-state index in [1.807, 2.05) is 60.9 Å². The molecule has 632 valence electrons. The van der Waals surface area contributed by atoms with Crippen LogP contribution in [0.4, 0.5) is 0 Å². The first-order valence-electron chi connectivity index (χ1n) is 43.1. The zero-order valence-electron chi connectivity index (χ0n) is 74.6. The van der Waals surface area contributed by atoms with Crippen LogP contribution in [0.3, 0.4) is 0 Å². The molecule has 0 aliphatic rings. The minimum absolute atomic E-state index is 0. The Kier molecular flexibility index (Phi) is 24.1. The van der Waals surface area contributed by atoms with Crippen LogP contribution in [-0.4, -0.2) is 39.3 Å². The van der Waals surface area contributed by atoms with Gasteiger partial charge in [0.25, 0.3) is 0 Å². The van der Waals surface area contributed by atoms with Crippen molar-refractivity contribution in [3.8, 4) is 113 Å². The molecule has 18 aromatic rings. The van der Waals surface area contributed by atoms with E-state index in [2.05, 4.69) is 354 Å². The average Bonchev–Trinajstić information content (AvgIpc) is 1.55. The van der Waals surface area contributed by atoms with Crippen molar-refractivity contribution < 1.29 is 56.8 Å². The summed E-state index contributed by atoms with van der Waals surface area (Å²) in [5, 5.41) is 29.6. The third kappa shape index (κ3) is 16.3. The minimum Gasteiger partial charge on any atom is -0.507 e. The molecule has 12 aromatic carbocycles. The topological polar surface area (TPSA) is 115 Å². The number of fused-ring (bicyclic) bond motifs is 8. The van der Waals surface area contributed by atoms with Gasteiger partial charge in [-0.3, -0.25) is 19.1 Å². The SMILES string of the molecule is CC(C)c1cc(-c2ccccc2)cc(C(C)C)c1-n1c(-c2cc(C(C)(C)C)cc(C(C)(C)C)c2O)nc2c(-c3[c-]c(-c4ccccn4)cc4oc5ccccc5c34)cccc21.CC(C)c1cc(-c2ccccc2)cc(C(C)C)c1-n1c(-c2cc(C(C)(C)C)cc(C(C)(C)C)c2O)nc2c(-c3[c-]c(-c4ccccn4)cc4sc5ccccc5c34)cccc21.[Pt].[Pt]. The number of pyridine rings is 2. The molecule has 0 amide bonds. The molecule has 0 fully saturated rings. The second kappa shape index (κ2) is 34.1. The van der Waals surface area contributed by atoms with Gasteiger partial charge in [0.1, 0.15) is 28.7 Å². The van der Waals surface area contributed by atoms with Crippen molar-refractivity contribution in [3.63, 3.8) is 0 Å². The first-order chi connectivity index (χ1) is 58.2. The smallest absolute Gasteiger partial charge is 0.148 e. The second-order valence-electron chi connectivity index (χ2n) is 38.3. The number of nitrogens with zero attached hydrogens (tertiary/aromatic N) is 6. The van der Waals surface area contributed by atoms with E-state index in [1.54, 1.807) is 11.3 Å². The quantitative estimate of drug-likeness (QED) is 0.104. The van der Waals surface area contributed by atoms with E-state index in [1.165, 1.54) is 59.3 Å². The average molecular weight is 2010 g/mol. The Morgan fingerprint density at radius 3 is 1.16 bits per heavy atom. The van der Waals surface area contributed by atoms with Crippen LogP contribution in [-0.2, 0) is 63.8 Å². The third-order valence-electron chi connectivity index (χ3n) is 24.1. The number of hydrogen-bond donors (Lipinski definition) is 2. The number of aromatic hydroxyl groups is 2. The van der Waals surface area contributed by atoms with Crippen LogP contribution < -0.4 is 0 Å². The Hall–Kier alpha value is -11.1. The number of phenols is 2. The first kappa shape index (κ1) is 87.8. The summed E-state index contributed by atoms with van der Waals surface area (Å²) >= 11 is 1.80. The molecule has 0 radical (unpaired) electrons. The molecular formula is C112H108N6O3Pt2S-2. The number of para-hydroxylation sites is 3. The van der Waals surface area contributed by atoms with Gasteiger partial charge in [-0.25, -0.2) is 9.97 Å². The molecule has 0 aliphatic heterocycles. The van der Waals surface area contributed by atoms with E-state index < -0.39 is 0 Å². The van der Waals surface area contributed by atoms with Crippen molar-refractivity contribution in [2.75, 3.05) is 0 Å². The predicted octanol–water partition coefficient (Wildman–Crippen LogP) is 31.1. The van der Waals surface area contributed by atoms with Crippen molar-refractivity contribution in [1.82, 2.24) is 29.1 Å². The van der Waals surface area contributed by atoms with E-state index in [-0.39, 0.29) is 99.0 Å². The molecule has 18 rings (SSSR count). The van der Waals surface area contributed by atoms with Gasteiger partial charge in [0.15, 0.2) is 0 Å². The van der Waals surface area contributed by atoms with Gasteiger partial charge in [0, 0.05) is 81.7 Å². The van der Waals surface area contributed by atoms with Crippen LogP contribution in [0.1, 0.15) is 207 Å². The van der Waals surface area contributed by atoms with Crippen molar-refractivity contribution in [1.29, 1.82) is 0 Å². The molecule has 0 bridgehead atoms. The molecule has 124 heavy (non-hydrogen) atoms. The number of benzene rings is 12. The van der Waals surface area contributed by atoms with Crippen LogP contribution in [0.15, 0.2) is 259 Å². The largest absolute Gasteiger partial charge is 0.507 e. The Morgan fingerprint density at radius 1 is 0.355 bits per heavy atom. The Morgan fingerprint density at radius 2 is 0.750 bits per heavy atom. The molecular weight excluding hydrogens is 1900 g/mol. The fourth-order valence-electron chi connectivity index (χ4n) is 17.6. The summed E-state index contributed by atoms with van der Waals surface area (Å²) in [5.74, 6) is 2.65. The van der Waals surface area contributed by atoms with E-state index in [0.717, 1.165) is 139 Å². The maximum Gasteiger partial charge on any atom is 0.148 e. The van der Waals surface area contributed by atoms with Crippen molar-refractivity contribution >= 4 is 75.5 Å². The van der Waals surface area contributed by atoms with Crippen LogP contribution in [0.25, 0.3) is 165 Å². The van der Waals surface area contributed by atoms with Gasteiger partial charge in [-0.1, -0.05) is 330 Å². The van der Waals surface area contributed by atoms with Gasteiger partial charge in [-0.05, 0) is 195 Å². The Balaban J connectivity index is 0.000000189. The van der Waals surface area contributed by atoms with E-state index in [0.29, 0.717) is 11.4 Å². The number of furan rings is 1. The number of imidazole rings is 2. The normalized spacial score (nSPS) is 12.3. The first-order valence-corrected chi connectivity index (χ1v) is 43.9. The zero-order valence-corrected chi connectivity index (χ0v) is 79.9. The standard InChI is InChI=1S/C56H54N3O2.C56H54N3OS.2Pt/c2*1-33(2)41-27-36(35-19-12-11-13-20-35)28-42(34(3)4)52(41)59-47-24-18-22-39(51(47)58-54(59)44-31-38(55(5,6)7)32-45(53(44)60)56(8,9)10)43-29-37(46-23-16-17-26-57-46)30-49-50(43)40-21-14-15-25-48(40)61-49;;/h2*11-28,30-34,60H,1-10H3;;/q2*-1;;. The van der Waals surface area contributed by atoms with Crippen LogP contribution in [0.5, 0.6) is 11.5 Å². The van der Waals surface area contributed by atoms with Gasteiger partial charge < -0.3 is 14.6 Å². The summed E-state index contributed by atoms with van der Waals surface area (Å²) in [6.45, 7) is 44.7. The molecule has 0 atom stereocenters. The van der Waals surface area contributed by atoms with Gasteiger partial charge in [-0.2, -0.15) is 11.3 Å². The Labute approximate surface area is 763 Å². The monoisotopic (exact) mass is 2010 g/mol. The fraction of sp³-hybridized carbons (Fsp3) is 0.250. The molecule has 6 heterocycles. The second-order valence-corrected chi connectivity index (χ2v) is 39.4. The number of aromatic nitrogens is 6. The van der Waals surface area contributed by atoms with Crippen LogP contribution in [0.2, 0.25) is 0 Å². The molecule has 0 spiro atoms. The van der Waals surface area contributed by atoms with Gasteiger partial charge >= 0.3 is 0 Å². The summed E-state index contributed by atoms with van der Waals surface area (Å²) in [7, 11) is 0. The third-order valence-corrected chi connectivity index (χ3v) is 25.3. The van der Waals surface area contributed by atoms with Gasteiger partial charge in [0.2, 0.25) is 0 Å². The molecule has 0 unspecified atom stereocenters. The van der Waals surface area contributed by atoms with Crippen LogP contribution >= 0.6 is 11.3 Å².